The zero-order valence-corrected chi connectivity index (χ0v) is 12.6. The standard InChI is InChI=1S/C13H9BrF3N5/c14-12-19-8-9(18)20-11(13(15,16)17)21-10(8)22(12)6-7-4-2-1-3-5-7/h1-5H,6H2,(H2,18,20,21). The molecule has 3 aromatic rings. The molecule has 0 amide bonds. The highest BCUT2D eigenvalue weighted by Gasteiger charge is 2.36. The average Bonchev–Trinajstić information content (AvgIpc) is 2.77. The van der Waals surface area contributed by atoms with Gasteiger partial charge in [0, 0.05) is 0 Å². The van der Waals surface area contributed by atoms with Gasteiger partial charge in [0.1, 0.15) is 0 Å². The molecule has 5 nitrogen and oxygen atoms in total. The van der Waals surface area contributed by atoms with Crippen molar-refractivity contribution in [1.29, 1.82) is 0 Å². The lowest BCUT2D eigenvalue weighted by atomic mass is 10.2. The van der Waals surface area contributed by atoms with E-state index in [4.69, 9.17) is 5.73 Å². The van der Waals surface area contributed by atoms with Crippen molar-refractivity contribution in [2.75, 3.05) is 5.73 Å². The summed E-state index contributed by atoms with van der Waals surface area (Å²) in [6, 6.07) is 9.24. The molecule has 0 radical (unpaired) electrons. The number of nitrogen functional groups attached to an aromatic ring is 1. The van der Waals surface area contributed by atoms with Crippen LogP contribution in [0.4, 0.5) is 19.0 Å². The summed E-state index contributed by atoms with van der Waals surface area (Å²) in [6.07, 6.45) is -4.67. The van der Waals surface area contributed by atoms with Gasteiger partial charge in [-0.25, -0.2) is 15.0 Å². The molecule has 0 unspecified atom stereocenters. The second kappa shape index (κ2) is 5.24. The third-order valence-electron chi connectivity index (χ3n) is 3.01. The van der Waals surface area contributed by atoms with E-state index in [0.717, 1.165) is 5.56 Å². The van der Waals surface area contributed by atoms with Gasteiger partial charge in [-0.1, -0.05) is 30.3 Å². The number of aromatic nitrogens is 4. The van der Waals surface area contributed by atoms with E-state index in [0.29, 0.717) is 11.3 Å². The number of imidazole rings is 1. The van der Waals surface area contributed by atoms with Crippen LogP contribution < -0.4 is 5.73 Å². The lowest BCUT2D eigenvalue weighted by molar-refractivity contribution is -0.144. The summed E-state index contributed by atoms with van der Waals surface area (Å²) in [6.45, 7) is 0.311. The van der Waals surface area contributed by atoms with Crippen LogP contribution in [-0.2, 0) is 12.7 Å². The fraction of sp³-hybridized carbons (Fsp3) is 0.154. The maximum absolute atomic E-state index is 12.8. The Hall–Kier alpha value is -2.16. The van der Waals surface area contributed by atoms with Gasteiger partial charge in [0.15, 0.2) is 21.7 Å². The van der Waals surface area contributed by atoms with Gasteiger partial charge in [-0.3, -0.25) is 4.57 Å². The first kappa shape index (κ1) is 14.8. The molecule has 2 N–H and O–H groups in total. The van der Waals surface area contributed by atoms with Crippen LogP contribution in [0.25, 0.3) is 11.2 Å². The van der Waals surface area contributed by atoms with Crippen molar-refractivity contribution in [1.82, 2.24) is 19.5 Å². The van der Waals surface area contributed by atoms with E-state index in [2.05, 4.69) is 30.9 Å². The summed E-state index contributed by atoms with van der Waals surface area (Å²) >= 11 is 3.22. The highest BCUT2D eigenvalue weighted by atomic mass is 79.9. The Balaban J connectivity index is 2.17. The van der Waals surface area contributed by atoms with Crippen LogP contribution in [0.2, 0.25) is 0 Å². The highest BCUT2D eigenvalue weighted by molar-refractivity contribution is 9.10. The third kappa shape index (κ3) is 2.63. The van der Waals surface area contributed by atoms with Crippen molar-refractivity contribution in [3.63, 3.8) is 0 Å². The minimum Gasteiger partial charge on any atom is -0.382 e. The zero-order valence-electron chi connectivity index (χ0n) is 11.0. The van der Waals surface area contributed by atoms with E-state index >= 15 is 0 Å². The number of fused-ring (bicyclic) bond motifs is 1. The predicted molar refractivity (Wildman–Crippen MR) is 78.0 cm³/mol. The van der Waals surface area contributed by atoms with Crippen molar-refractivity contribution in [2.24, 2.45) is 0 Å². The molecule has 0 aliphatic heterocycles. The van der Waals surface area contributed by atoms with Crippen LogP contribution in [0, 0.1) is 0 Å². The largest absolute Gasteiger partial charge is 0.451 e. The van der Waals surface area contributed by atoms with Crippen LogP contribution in [0.5, 0.6) is 0 Å². The van der Waals surface area contributed by atoms with Gasteiger partial charge in [0.05, 0.1) is 6.54 Å². The van der Waals surface area contributed by atoms with Crippen molar-refractivity contribution < 1.29 is 13.2 Å². The predicted octanol–water partition coefficient (Wildman–Crippen LogP) is 3.24. The first-order chi connectivity index (χ1) is 10.4. The SMILES string of the molecule is Nc1nc(C(F)(F)F)nc2c1nc(Br)n2Cc1ccccc1. The number of alkyl halides is 3. The van der Waals surface area contributed by atoms with E-state index in [1.807, 2.05) is 30.3 Å². The topological polar surface area (TPSA) is 69.6 Å². The first-order valence-corrected chi connectivity index (χ1v) is 6.96. The zero-order chi connectivity index (χ0) is 15.9. The van der Waals surface area contributed by atoms with Gasteiger partial charge >= 0.3 is 6.18 Å². The van der Waals surface area contributed by atoms with E-state index in [1.54, 1.807) is 0 Å². The normalized spacial score (nSPS) is 12.0. The molecule has 0 bridgehead atoms. The molecule has 0 aliphatic rings. The molecular formula is C13H9BrF3N5. The van der Waals surface area contributed by atoms with Gasteiger partial charge in [0.25, 0.3) is 0 Å². The molecule has 22 heavy (non-hydrogen) atoms. The number of halogens is 4. The van der Waals surface area contributed by atoms with Gasteiger partial charge in [-0.05, 0) is 21.5 Å². The summed E-state index contributed by atoms with van der Waals surface area (Å²) < 4.78 is 40.4. The molecule has 0 saturated heterocycles. The molecule has 2 heterocycles. The Kier molecular flexibility index (Phi) is 3.51. The molecule has 1 aromatic carbocycles. The summed E-state index contributed by atoms with van der Waals surface area (Å²) in [5.41, 5.74) is 6.65. The lowest BCUT2D eigenvalue weighted by Crippen LogP contribution is -2.14. The molecule has 114 valence electrons. The Labute approximate surface area is 131 Å². The number of nitrogens with two attached hydrogens (primary N) is 1. The molecule has 9 heteroatoms. The van der Waals surface area contributed by atoms with E-state index in [1.165, 1.54) is 4.57 Å². The number of anilines is 1. The van der Waals surface area contributed by atoms with Gasteiger partial charge in [-0.15, -0.1) is 0 Å². The van der Waals surface area contributed by atoms with Gasteiger partial charge < -0.3 is 5.73 Å². The quantitative estimate of drug-likeness (QED) is 0.702. The number of hydrogen-bond donors (Lipinski definition) is 1. The minimum atomic E-state index is -4.67. The fourth-order valence-corrected chi connectivity index (χ4v) is 2.50. The molecule has 0 atom stereocenters. The van der Waals surface area contributed by atoms with Crippen molar-refractivity contribution in [3.05, 3.63) is 46.5 Å². The second-order valence-electron chi connectivity index (χ2n) is 4.56. The van der Waals surface area contributed by atoms with Crippen molar-refractivity contribution in [3.8, 4) is 0 Å². The monoisotopic (exact) mass is 371 g/mol. The van der Waals surface area contributed by atoms with E-state index in [-0.39, 0.29) is 17.0 Å². The second-order valence-corrected chi connectivity index (χ2v) is 5.26. The molecule has 0 fully saturated rings. The van der Waals surface area contributed by atoms with Crippen molar-refractivity contribution >= 4 is 32.9 Å². The fourth-order valence-electron chi connectivity index (χ4n) is 2.03. The molecule has 3 rings (SSSR count). The Morgan fingerprint density at radius 2 is 1.77 bits per heavy atom. The highest BCUT2D eigenvalue weighted by Crippen LogP contribution is 2.30. The Bertz CT molecular complexity index is 829. The Morgan fingerprint density at radius 1 is 1.09 bits per heavy atom. The lowest BCUT2D eigenvalue weighted by Gasteiger charge is -2.08. The maximum Gasteiger partial charge on any atom is 0.451 e. The van der Waals surface area contributed by atoms with Crippen LogP contribution >= 0.6 is 15.9 Å². The summed E-state index contributed by atoms with van der Waals surface area (Å²) in [7, 11) is 0. The van der Waals surface area contributed by atoms with Crippen LogP contribution in [0.1, 0.15) is 11.4 Å². The molecule has 0 spiro atoms. The van der Waals surface area contributed by atoms with Gasteiger partial charge in [0.2, 0.25) is 5.82 Å². The third-order valence-corrected chi connectivity index (χ3v) is 3.62. The molecule has 2 aromatic heterocycles. The minimum absolute atomic E-state index is 0.0375. The molecule has 0 saturated carbocycles. The summed E-state index contributed by atoms with van der Waals surface area (Å²) in [5.74, 6) is -1.58. The van der Waals surface area contributed by atoms with Crippen molar-refractivity contribution in [2.45, 2.75) is 12.7 Å². The van der Waals surface area contributed by atoms with E-state index < -0.39 is 12.0 Å². The summed E-state index contributed by atoms with van der Waals surface area (Å²) in [5, 5.41) is 0. The number of rotatable bonds is 2. The van der Waals surface area contributed by atoms with Crippen LogP contribution in [0.15, 0.2) is 35.1 Å². The molecule has 0 aliphatic carbocycles. The van der Waals surface area contributed by atoms with Crippen LogP contribution in [0.3, 0.4) is 0 Å². The Morgan fingerprint density at radius 3 is 2.41 bits per heavy atom. The summed E-state index contributed by atoms with van der Waals surface area (Å²) in [4.78, 5) is 11.0. The van der Waals surface area contributed by atoms with Gasteiger partial charge in [-0.2, -0.15) is 13.2 Å². The van der Waals surface area contributed by atoms with E-state index in [9.17, 15) is 13.2 Å². The smallest absolute Gasteiger partial charge is 0.382 e. The maximum atomic E-state index is 12.8. The molecular weight excluding hydrogens is 363 g/mol. The number of benzene rings is 1. The average molecular weight is 372 g/mol. The van der Waals surface area contributed by atoms with Crippen LogP contribution in [-0.4, -0.2) is 19.5 Å². The number of nitrogens with zero attached hydrogens (tertiary/aromatic N) is 4. The first-order valence-electron chi connectivity index (χ1n) is 6.16. The number of hydrogen-bond acceptors (Lipinski definition) is 4.